The first-order valence-electron chi connectivity index (χ1n) is 13.6. The van der Waals surface area contributed by atoms with Crippen LogP contribution in [-0.4, -0.2) is 96.4 Å². The Labute approximate surface area is 267 Å². The van der Waals surface area contributed by atoms with Gasteiger partial charge in [-0.15, -0.1) is 0 Å². The van der Waals surface area contributed by atoms with E-state index < -0.39 is 18.2 Å². The van der Waals surface area contributed by atoms with Crippen molar-refractivity contribution >= 4 is 41.1 Å². The van der Waals surface area contributed by atoms with Gasteiger partial charge in [-0.1, -0.05) is 41.4 Å². The monoisotopic (exact) mass is 673 g/mol. The predicted octanol–water partition coefficient (Wildman–Crippen LogP) is 5.37. The lowest BCUT2D eigenvalue weighted by atomic mass is 9.84. The number of carboxylic acids is 1. The van der Waals surface area contributed by atoms with Gasteiger partial charge in [-0.05, 0) is 41.9 Å². The van der Waals surface area contributed by atoms with Gasteiger partial charge in [-0.3, -0.25) is 4.98 Å². The molecule has 3 aromatic rings. The maximum absolute atomic E-state index is 10.6. The molecule has 11 nitrogen and oxygen atoms in total. The summed E-state index contributed by atoms with van der Waals surface area (Å²) in [4.78, 5) is 30.6. The highest BCUT2D eigenvalue weighted by atomic mass is 35.5. The van der Waals surface area contributed by atoms with Gasteiger partial charge in [-0.2, -0.15) is 13.2 Å². The first-order chi connectivity index (χ1) is 21.3. The van der Waals surface area contributed by atoms with Crippen molar-refractivity contribution in [3.63, 3.8) is 0 Å². The molecule has 45 heavy (non-hydrogen) atoms. The molecule has 1 aromatic heterocycles. The maximum atomic E-state index is 10.6. The van der Waals surface area contributed by atoms with Crippen molar-refractivity contribution in [3.8, 4) is 11.3 Å². The summed E-state index contributed by atoms with van der Waals surface area (Å²) in [6.07, 6.45) is -2.71. The Kier molecular flexibility index (Phi) is 13.6. The van der Waals surface area contributed by atoms with Gasteiger partial charge in [0.2, 0.25) is 0 Å². The third-order valence-corrected chi connectivity index (χ3v) is 6.96. The van der Waals surface area contributed by atoms with Gasteiger partial charge in [0.1, 0.15) is 5.82 Å². The number of benzene rings is 2. The number of alkyl halides is 3. The van der Waals surface area contributed by atoms with Gasteiger partial charge < -0.3 is 35.2 Å². The lowest BCUT2D eigenvalue weighted by Crippen LogP contribution is -2.31. The number of aromatic nitrogens is 2. The van der Waals surface area contributed by atoms with E-state index in [1.165, 1.54) is 11.1 Å². The number of fused-ring (bicyclic) bond motifs is 1. The summed E-state index contributed by atoms with van der Waals surface area (Å²) in [5.41, 5.74) is 5.21. The van der Waals surface area contributed by atoms with E-state index in [9.17, 15) is 18.0 Å². The van der Waals surface area contributed by atoms with Crippen molar-refractivity contribution in [1.82, 2.24) is 20.2 Å². The molecular weight excluding hydrogens is 642 g/mol. The number of carbonyl (C=O) groups is 2. The summed E-state index contributed by atoms with van der Waals surface area (Å²) in [5.74, 6) is -1.95. The molecule has 0 fully saturated rings. The molecule has 1 aliphatic rings. The van der Waals surface area contributed by atoms with Crippen molar-refractivity contribution < 1.29 is 42.4 Å². The topological polar surface area (TPSA) is 146 Å². The summed E-state index contributed by atoms with van der Waals surface area (Å²) in [6, 6.07) is 12.2. The van der Waals surface area contributed by atoms with Crippen LogP contribution in [0, 0.1) is 0 Å². The van der Waals surface area contributed by atoms with E-state index >= 15 is 0 Å². The highest BCUT2D eigenvalue weighted by molar-refractivity contribution is 6.35. The molecule has 1 aliphatic heterocycles. The Morgan fingerprint density at radius 3 is 2.40 bits per heavy atom. The van der Waals surface area contributed by atoms with Gasteiger partial charge in [0.15, 0.2) is 0 Å². The SMILES string of the molecule is CN1Cc2c(Cl)cc(Cl)cc2[C@H](c2cccc(-c3cncc(NCCOCCOCCNC(=O)O)n3)c2)C1.O=C(O)C(F)(F)F. The number of hydrogen-bond acceptors (Lipinski definition) is 8. The summed E-state index contributed by atoms with van der Waals surface area (Å²) in [6.45, 7) is 4.07. The number of nitrogens with zero attached hydrogens (tertiary/aromatic N) is 3. The van der Waals surface area contributed by atoms with Crippen LogP contribution in [0.1, 0.15) is 22.6 Å². The number of amides is 1. The number of rotatable bonds is 12. The van der Waals surface area contributed by atoms with Gasteiger partial charge in [0, 0.05) is 47.7 Å². The van der Waals surface area contributed by atoms with Crippen LogP contribution < -0.4 is 10.6 Å². The van der Waals surface area contributed by atoms with Crippen molar-refractivity contribution in [2.24, 2.45) is 0 Å². The average Bonchev–Trinajstić information content (AvgIpc) is 2.98. The Morgan fingerprint density at radius 2 is 1.73 bits per heavy atom. The number of anilines is 1. The van der Waals surface area contributed by atoms with Crippen LogP contribution in [0.15, 0.2) is 48.8 Å². The van der Waals surface area contributed by atoms with E-state index in [4.69, 9.17) is 52.7 Å². The molecule has 0 bridgehead atoms. The normalized spacial score (nSPS) is 14.6. The van der Waals surface area contributed by atoms with Gasteiger partial charge in [0.25, 0.3) is 0 Å². The zero-order valence-electron chi connectivity index (χ0n) is 24.1. The number of carboxylic acid groups (broad SMARTS) is 2. The summed E-state index contributed by atoms with van der Waals surface area (Å²) >= 11 is 12.9. The van der Waals surface area contributed by atoms with Gasteiger partial charge >= 0.3 is 18.2 Å². The molecule has 1 amide bonds. The van der Waals surface area contributed by atoms with E-state index in [1.54, 1.807) is 12.4 Å². The van der Waals surface area contributed by atoms with Crippen molar-refractivity contribution in [2.75, 3.05) is 58.4 Å². The zero-order chi connectivity index (χ0) is 33.0. The Bertz CT molecular complexity index is 1450. The smallest absolute Gasteiger partial charge is 0.475 e. The van der Waals surface area contributed by atoms with Crippen LogP contribution in [0.3, 0.4) is 0 Å². The summed E-state index contributed by atoms with van der Waals surface area (Å²) in [7, 11) is 2.10. The van der Waals surface area contributed by atoms with Crippen molar-refractivity contribution in [3.05, 3.63) is 75.5 Å². The minimum atomic E-state index is -5.08. The third kappa shape index (κ3) is 11.6. The average molecular weight is 675 g/mol. The van der Waals surface area contributed by atoms with Crippen molar-refractivity contribution in [1.29, 1.82) is 0 Å². The van der Waals surface area contributed by atoms with E-state index in [0.717, 1.165) is 29.9 Å². The van der Waals surface area contributed by atoms with E-state index in [2.05, 4.69) is 39.7 Å². The molecule has 0 spiro atoms. The minimum absolute atomic E-state index is 0.142. The quantitative estimate of drug-likeness (QED) is 0.185. The Balaban J connectivity index is 0.000000707. The second kappa shape index (κ2) is 17.1. The molecule has 0 saturated carbocycles. The van der Waals surface area contributed by atoms with E-state index in [1.807, 2.05) is 24.3 Å². The number of ether oxygens (including phenoxy) is 2. The molecular formula is C29H32Cl2F3N5O6. The molecule has 16 heteroatoms. The number of halogens is 5. The minimum Gasteiger partial charge on any atom is -0.475 e. The molecule has 0 radical (unpaired) electrons. The standard InChI is InChI=1S/C27H31Cl2N5O4.C2HF3O2/c1-34-16-22(21-12-20(28)13-24(29)23(21)17-34)18-3-2-4-19(11-18)25-14-30-15-26(33-25)31-5-7-37-9-10-38-8-6-32-27(35)36;3-2(4,5)1(6)7/h2-4,11-15,22,32H,5-10,16-17H2,1H3,(H,31,33)(H,35,36);(H,6,7)/t22-;/m0./s1. The molecule has 244 valence electrons. The lowest BCUT2D eigenvalue weighted by molar-refractivity contribution is -0.192. The van der Waals surface area contributed by atoms with E-state index in [0.29, 0.717) is 48.8 Å². The highest BCUT2D eigenvalue weighted by Crippen LogP contribution is 2.39. The van der Waals surface area contributed by atoms with Crippen LogP contribution in [0.5, 0.6) is 0 Å². The molecule has 0 aliphatic carbocycles. The fourth-order valence-electron chi connectivity index (χ4n) is 4.44. The number of likely N-dealkylation sites (N-methyl/N-ethyl adjacent to an activating group) is 1. The molecule has 4 N–H and O–H groups in total. The number of nitrogens with one attached hydrogen (secondary N) is 2. The van der Waals surface area contributed by atoms with Gasteiger partial charge in [-0.25, -0.2) is 14.6 Å². The Hall–Kier alpha value is -3.69. The van der Waals surface area contributed by atoms with Crippen LogP contribution in [-0.2, 0) is 20.8 Å². The van der Waals surface area contributed by atoms with Crippen LogP contribution in [0.2, 0.25) is 10.0 Å². The third-order valence-electron chi connectivity index (χ3n) is 6.40. The predicted molar refractivity (Wildman–Crippen MR) is 162 cm³/mol. The zero-order valence-corrected chi connectivity index (χ0v) is 25.6. The molecule has 1 atom stereocenters. The fraction of sp³-hybridized carbons (Fsp3) is 0.379. The molecule has 0 saturated heterocycles. The Morgan fingerprint density at radius 1 is 1.04 bits per heavy atom. The summed E-state index contributed by atoms with van der Waals surface area (Å²) in [5, 5.41) is 22.4. The van der Waals surface area contributed by atoms with Crippen LogP contribution in [0.25, 0.3) is 11.3 Å². The number of aliphatic carboxylic acids is 1. The fourth-order valence-corrected chi connectivity index (χ4v) is 5.01. The number of hydrogen-bond donors (Lipinski definition) is 4. The van der Waals surface area contributed by atoms with Crippen LogP contribution in [0.4, 0.5) is 23.8 Å². The second-order valence-electron chi connectivity index (χ2n) is 9.81. The second-order valence-corrected chi connectivity index (χ2v) is 10.6. The van der Waals surface area contributed by atoms with Gasteiger partial charge in [0.05, 0.1) is 44.5 Å². The molecule has 0 unspecified atom stereocenters. The molecule has 2 aromatic carbocycles. The van der Waals surface area contributed by atoms with E-state index in [-0.39, 0.29) is 12.5 Å². The van der Waals surface area contributed by atoms with Crippen molar-refractivity contribution in [2.45, 2.75) is 18.6 Å². The van der Waals surface area contributed by atoms with Crippen LogP contribution >= 0.6 is 23.2 Å². The first kappa shape index (κ1) is 35.8. The largest absolute Gasteiger partial charge is 0.490 e. The summed E-state index contributed by atoms with van der Waals surface area (Å²) < 4.78 is 42.6. The lowest BCUT2D eigenvalue weighted by Gasteiger charge is -2.33. The first-order valence-corrected chi connectivity index (χ1v) is 14.4. The molecule has 4 rings (SSSR count). The highest BCUT2D eigenvalue weighted by Gasteiger charge is 2.38. The maximum Gasteiger partial charge on any atom is 0.490 e. The molecule has 2 heterocycles.